The summed E-state index contributed by atoms with van der Waals surface area (Å²) in [6, 6.07) is 13.6. The molecular formula is C17H16F3N3O2S. The first-order valence-electron chi connectivity index (χ1n) is 7.46. The second-order valence-corrected chi connectivity index (χ2v) is 7.43. The predicted molar refractivity (Wildman–Crippen MR) is 94.0 cm³/mol. The second-order valence-electron chi connectivity index (χ2n) is 5.78. The van der Waals surface area contributed by atoms with E-state index >= 15 is 0 Å². The molecule has 5 nitrogen and oxygen atoms in total. The first-order valence-corrected chi connectivity index (χ1v) is 9.07. The van der Waals surface area contributed by atoms with Crippen LogP contribution < -0.4 is 5.14 Å². The fourth-order valence-electron chi connectivity index (χ4n) is 2.43. The quantitative estimate of drug-likeness (QED) is 0.604. The van der Waals surface area contributed by atoms with Gasteiger partial charge in [0.05, 0.1) is 16.3 Å². The minimum absolute atomic E-state index is 0.0846. The molecule has 0 aliphatic rings. The molecule has 0 unspecified atom stereocenters. The number of hydrogen-bond donors (Lipinski definition) is 3. The SMILES string of the molecule is Cc1ccc(-c2cc(C(F)(F)F)nn2-c2ccc(S(N)(O)O)cc2)cc1. The molecule has 138 valence electrons. The van der Waals surface area contributed by atoms with E-state index in [2.05, 4.69) is 5.10 Å². The predicted octanol–water partition coefficient (Wildman–Crippen LogP) is 4.85. The Labute approximate surface area is 149 Å². The molecule has 0 aliphatic heterocycles. The van der Waals surface area contributed by atoms with Crippen LogP contribution in [0.2, 0.25) is 0 Å². The van der Waals surface area contributed by atoms with Crippen LogP contribution in [0, 0.1) is 6.92 Å². The Hall–Kier alpha value is -2.33. The molecule has 9 heteroatoms. The normalized spacial score (nSPS) is 13.0. The summed E-state index contributed by atoms with van der Waals surface area (Å²) in [5.41, 5.74) is 1.15. The van der Waals surface area contributed by atoms with E-state index < -0.39 is 22.6 Å². The highest BCUT2D eigenvalue weighted by Gasteiger charge is 2.35. The third-order valence-corrected chi connectivity index (χ3v) is 4.74. The van der Waals surface area contributed by atoms with Gasteiger partial charge >= 0.3 is 6.18 Å². The molecule has 2 aromatic carbocycles. The molecule has 1 aromatic heterocycles. The van der Waals surface area contributed by atoms with Crippen LogP contribution in [0.15, 0.2) is 59.5 Å². The van der Waals surface area contributed by atoms with Crippen molar-refractivity contribution < 1.29 is 22.3 Å². The highest BCUT2D eigenvalue weighted by atomic mass is 32.3. The average molecular weight is 383 g/mol. The molecule has 4 N–H and O–H groups in total. The molecule has 0 radical (unpaired) electrons. The summed E-state index contributed by atoms with van der Waals surface area (Å²) in [6.45, 7) is 1.88. The summed E-state index contributed by atoms with van der Waals surface area (Å²) < 4.78 is 59.5. The number of halogens is 3. The van der Waals surface area contributed by atoms with Crippen LogP contribution in [0.5, 0.6) is 0 Å². The van der Waals surface area contributed by atoms with E-state index in [4.69, 9.17) is 5.14 Å². The topological polar surface area (TPSA) is 84.3 Å². The summed E-state index contributed by atoms with van der Waals surface area (Å²) in [5, 5.41) is 8.95. The third-order valence-electron chi connectivity index (χ3n) is 3.78. The van der Waals surface area contributed by atoms with E-state index in [1.54, 1.807) is 24.3 Å². The lowest BCUT2D eigenvalue weighted by Crippen LogP contribution is -2.09. The van der Waals surface area contributed by atoms with Crippen LogP contribution in [0.1, 0.15) is 11.3 Å². The first kappa shape index (κ1) is 18.5. The standard InChI is InChI=1S/C17H16F3N3O2S/c1-11-2-4-12(5-3-11)15-10-16(17(18,19)20)22-23(15)13-6-8-14(9-7-13)26(21,24)25/h2-10,24-25H,21H2,1H3. The maximum Gasteiger partial charge on any atom is 0.435 e. The maximum absolute atomic E-state index is 13.1. The Morgan fingerprint density at radius 1 is 1.00 bits per heavy atom. The molecule has 0 fully saturated rings. The van der Waals surface area contributed by atoms with Gasteiger partial charge in [-0.15, -0.1) is 10.8 Å². The number of nitrogens with two attached hydrogens (primary N) is 1. The minimum atomic E-state index is -4.59. The smallest absolute Gasteiger partial charge is 0.282 e. The molecule has 1 heterocycles. The van der Waals surface area contributed by atoms with Gasteiger partial charge in [0.25, 0.3) is 0 Å². The van der Waals surface area contributed by atoms with Crippen molar-refractivity contribution in [1.82, 2.24) is 9.78 Å². The maximum atomic E-state index is 13.1. The van der Waals surface area contributed by atoms with Gasteiger partial charge in [0.15, 0.2) is 5.69 Å². The fourth-order valence-corrected chi connectivity index (χ4v) is 2.97. The van der Waals surface area contributed by atoms with Gasteiger partial charge in [-0.25, -0.2) is 9.82 Å². The molecule has 0 saturated heterocycles. The molecular weight excluding hydrogens is 367 g/mol. The summed E-state index contributed by atoms with van der Waals surface area (Å²) in [4.78, 5) is 0.0846. The van der Waals surface area contributed by atoms with E-state index in [-0.39, 0.29) is 10.6 Å². The van der Waals surface area contributed by atoms with Gasteiger partial charge in [-0.1, -0.05) is 29.8 Å². The van der Waals surface area contributed by atoms with Crippen molar-refractivity contribution in [2.45, 2.75) is 18.0 Å². The number of aromatic nitrogens is 2. The Bertz CT molecular complexity index is 914. The van der Waals surface area contributed by atoms with Crippen LogP contribution in [0.4, 0.5) is 13.2 Å². The molecule has 3 rings (SSSR count). The van der Waals surface area contributed by atoms with Crippen molar-refractivity contribution in [2.24, 2.45) is 5.14 Å². The van der Waals surface area contributed by atoms with Gasteiger partial charge in [0.1, 0.15) is 0 Å². The minimum Gasteiger partial charge on any atom is -0.282 e. The van der Waals surface area contributed by atoms with E-state index in [0.29, 0.717) is 11.3 Å². The van der Waals surface area contributed by atoms with Crippen LogP contribution in [-0.2, 0) is 6.18 Å². The Balaban J connectivity index is 2.13. The average Bonchev–Trinajstić information content (AvgIpc) is 3.00. The van der Waals surface area contributed by atoms with Gasteiger partial charge < -0.3 is 0 Å². The number of aryl methyl sites for hydroxylation is 1. The highest BCUT2D eigenvalue weighted by Crippen LogP contribution is 2.40. The number of nitrogens with zero attached hydrogens (tertiary/aromatic N) is 2. The van der Waals surface area contributed by atoms with E-state index in [1.165, 1.54) is 28.9 Å². The Morgan fingerprint density at radius 3 is 2.08 bits per heavy atom. The first-order chi connectivity index (χ1) is 12.1. The monoisotopic (exact) mass is 383 g/mol. The van der Waals surface area contributed by atoms with Gasteiger partial charge in [-0.2, -0.15) is 18.3 Å². The fraction of sp³-hybridized carbons (Fsp3) is 0.118. The summed E-state index contributed by atoms with van der Waals surface area (Å²) in [6.07, 6.45) is -4.59. The Kier molecular flexibility index (Phi) is 4.57. The number of alkyl halides is 3. The second kappa shape index (κ2) is 6.44. The molecule has 0 saturated carbocycles. The van der Waals surface area contributed by atoms with Crippen molar-refractivity contribution in [3.8, 4) is 16.9 Å². The number of benzene rings is 2. The molecule has 0 amide bonds. The zero-order chi connectivity index (χ0) is 19.1. The summed E-state index contributed by atoms with van der Waals surface area (Å²) in [5.74, 6) is 0. The third kappa shape index (κ3) is 3.75. The summed E-state index contributed by atoms with van der Waals surface area (Å²) >= 11 is 0. The zero-order valence-electron chi connectivity index (χ0n) is 13.6. The zero-order valence-corrected chi connectivity index (χ0v) is 14.4. The van der Waals surface area contributed by atoms with E-state index in [9.17, 15) is 22.3 Å². The Morgan fingerprint density at radius 2 is 1.58 bits per heavy atom. The lowest BCUT2D eigenvalue weighted by Gasteiger charge is -2.26. The van der Waals surface area contributed by atoms with Gasteiger partial charge in [-0.05, 0) is 37.3 Å². The molecule has 0 bridgehead atoms. The highest BCUT2D eigenvalue weighted by molar-refractivity contribution is 8.22. The lowest BCUT2D eigenvalue weighted by molar-refractivity contribution is -0.141. The van der Waals surface area contributed by atoms with Crippen LogP contribution in [0.25, 0.3) is 16.9 Å². The molecule has 26 heavy (non-hydrogen) atoms. The molecule has 0 atom stereocenters. The van der Waals surface area contributed by atoms with Crippen LogP contribution in [-0.4, -0.2) is 18.9 Å². The van der Waals surface area contributed by atoms with E-state index in [1.807, 2.05) is 6.92 Å². The largest absolute Gasteiger partial charge is 0.435 e. The molecule has 0 spiro atoms. The van der Waals surface area contributed by atoms with E-state index in [0.717, 1.165) is 11.6 Å². The molecule has 3 aromatic rings. The van der Waals surface area contributed by atoms with Gasteiger partial charge in [0.2, 0.25) is 0 Å². The van der Waals surface area contributed by atoms with Gasteiger partial charge in [0, 0.05) is 5.56 Å². The van der Waals surface area contributed by atoms with Crippen molar-refractivity contribution >= 4 is 10.8 Å². The van der Waals surface area contributed by atoms with Crippen LogP contribution >= 0.6 is 10.8 Å². The summed E-state index contributed by atoms with van der Waals surface area (Å²) in [7, 11) is -3.40. The van der Waals surface area contributed by atoms with Crippen molar-refractivity contribution in [2.75, 3.05) is 0 Å². The van der Waals surface area contributed by atoms with Gasteiger partial charge in [-0.3, -0.25) is 9.11 Å². The number of hydrogen-bond acceptors (Lipinski definition) is 4. The number of rotatable bonds is 3. The molecule has 0 aliphatic carbocycles. The van der Waals surface area contributed by atoms with Crippen molar-refractivity contribution in [3.05, 3.63) is 65.9 Å². The van der Waals surface area contributed by atoms with Crippen LogP contribution in [0.3, 0.4) is 0 Å². The lowest BCUT2D eigenvalue weighted by atomic mass is 10.1. The van der Waals surface area contributed by atoms with Crippen molar-refractivity contribution in [1.29, 1.82) is 0 Å². The van der Waals surface area contributed by atoms with Crippen molar-refractivity contribution in [3.63, 3.8) is 0 Å².